The summed E-state index contributed by atoms with van der Waals surface area (Å²) in [6, 6.07) is 0. The lowest BCUT2D eigenvalue weighted by molar-refractivity contribution is -0.113. The van der Waals surface area contributed by atoms with E-state index in [0.29, 0.717) is 5.13 Å². The minimum absolute atomic E-state index is 0.0351. The zero-order valence-corrected chi connectivity index (χ0v) is 10.2. The van der Waals surface area contributed by atoms with Gasteiger partial charge in [-0.3, -0.25) is 10.1 Å². The molecule has 7 heteroatoms. The molecular weight excluding hydrogens is 250 g/mol. The van der Waals surface area contributed by atoms with Gasteiger partial charge in [0.2, 0.25) is 11.0 Å². The van der Waals surface area contributed by atoms with Gasteiger partial charge in [0.05, 0.1) is 0 Å². The van der Waals surface area contributed by atoms with Crippen LogP contribution in [-0.2, 0) is 9.53 Å². The van der Waals surface area contributed by atoms with Crippen molar-refractivity contribution in [3.05, 3.63) is 5.01 Å². The Morgan fingerprint density at radius 1 is 1.56 bits per heavy atom. The minimum atomic E-state index is -0.270. The first-order chi connectivity index (χ1) is 7.79. The van der Waals surface area contributed by atoms with E-state index in [1.165, 1.54) is 11.3 Å². The van der Waals surface area contributed by atoms with Crippen LogP contribution in [0.1, 0.15) is 30.4 Å². The number of hydrogen-bond donors (Lipinski definition) is 1. The molecular formula is C9H12ClN3O2S. The summed E-state index contributed by atoms with van der Waals surface area (Å²) in [6.07, 6.45) is 3.25. The molecule has 0 aliphatic carbocycles. The van der Waals surface area contributed by atoms with Crippen molar-refractivity contribution in [3.8, 4) is 0 Å². The highest BCUT2D eigenvalue weighted by Crippen LogP contribution is 2.31. The number of carbonyl (C=O) groups is 1. The molecule has 1 saturated heterocycles. The van der Waals surface area contributed by atoms with Gasteiger partial charge in [-0.25, -0.2) is 0 Å². The Morgan fingerprint density at radius 3 is 3.12 bits per heavy atom. The van der Waals surface area contributed by atoms with Crippen LogP contribution in [0.2, 0.25) is 0 Å². The lowest BCUT2D eigenvalue weighted by Gasteiger charge is -2.19. The van der Waals surface area contributed by atoms with Crippen LogP contribution in [-0.4, -0.2) is 28.6 Å². The van der Waals surface area contributed by atoms with E-state index in [2.05, 4.69) is 15.5 Å². The number of anilines is 1. The van der Waals surface area contributed by atoms with Crippen molar-refractivity contribution in [3.63, 3.8) is 0 Å². The van der Waals surface area contributed by atoms with E-state index < -0.39 is 0 Å². The molecule has 1 amide bonds. The zero-order valence-electron chi connectivity index (χ0n) is 8.61. The van der Waals surface area contributed by atoms with Crippen LogP contribution in [0.25, 0.3) is 0 Å². The molecule has 0 saturated carbocycles. The third kappa shape index (κ3) is 2.90. The van der Waals surface area contributed by atoms with Gasteiger partial charge < -0.3 is 4.74 Å². The largest absolute Gasteiger partial charge is 0.371 e. The second-order valence-corrected chi connectivity index (χ2v) is 4.76. The predicted octanol–water partition coefficient (Wildman–Crippen LogP) is 1.96. The van der Waals surface area contributed by atoms with Crippen molar-refractivity contribution in [1.82, 2.24) is 10.2 Å². The number of amides is 1. The molecule has 0 spiro atoms. The average molecular weight is 262 g/mol. The first kappa shape index (κ1) is 11.8. The summed E-state index contributed by atoms with van der Waals surface area (Å²) >= 11 is 6.72. The lowest BCUT2D eigenvalue weighted by Crippen LogP contribution is -2.12. The lowest BCUT2D eigenvalue weighted by atomic mass is 10.1. The summed E-state index contributed by atoms with van der Waals surface area (Å²) < 4.78 is 5.58. The highest BCUT2D eigenvalue weighted by molar-refractivity contribution is 7.15. The summed E-state index contributed by atoms with van der Waals surface area (Å²) in [5.74, 6) is -0.344. The molecule has 1 atom stereocenters. The fraction of sp³-hybridized carbons (Fsp3) is 0.667. The maximum Gasteiger partial charge on any atom is 0.241 e. The van der Waals surface area contributed by atoms with Crippen LogP contribution in [0.4, 0.5) is 5.13 Å². The smallest absolute Gasteiger partial charge is 0.241 e. The number of rotatable bonds is 3. The summed E-state index contributed by atoms with van der Waals surface area (Å²) in [6.45, 7) is 0.771. The van der Waals surface area contributed by atoms with Crippen molar-refractivity contribution in [2.45, 2.75) is 25.4 Å². The molecule has 1 unspecified atom stereocenters. The number of hydrogen-bond acceptors (Lipinski definition) is 5. The van der Waals surface area contributed by atoms with Gasteiger partial charge >= 0.3 is 0 Å². The molecule has 0 aromatic carbocycles. The Balaban J connectivity index is 1.98. The molecule has 1 aliphatic rings. The SMILES string of the molecule is O=C(CCl)Nc1nnc(C2CCCCO2)s1. The summed E-state index contributed by atoms with van der Waals surface area (Å²) in [7, 11) is 0. The van der Waals surface area contributed by atoms with E-state index in [0.717, 1.165) is 30.9 Å². The Hall–Kier alpha value is -0.720. The van der Waals surface area contributed by atoms with Crippen LogP contribution >= 0.6 is 22.9 Å². The van der Waals surface area contributed by atoms with E-state index in [9.17, 15) is 4.79 Å². The fourth-order valence-electron chi connectivity index (χ4n) is 1.50. The van der Waals surface area contributed by atoms with Gasteiger partial charge in [-0.1, -0.05) is 11.3 Å². The van der Waals surface area contributed by atoms with Crippen molar-refractivity contribution in [2.75, 3.05) is 17.8 Å². The third-order valence-electron chi connectivity index (χ3n) is 2.26. The highest BCUT2D eigenvalue weighted by Gasteiger charge is 2.20. The van der Waals surface area contributed by atoms with Gasteiger partial charge in [0.25, 0.3) is 0 Å². The van der Waals surface area contributed by atoms with Gasteiger partial charge in [0.1, 0.15) is 17.0 Å². The van der Waals surface area contributed by atoms with Crippen LogP contribution in [0.3, 0.4) is 0 Å². The zero-order chi connectivity index (χ0) is 11.4. The molecule has 1 aromatic rings. The highest BCUT2D eigenvalue weighted by atomic mass is 35.5. The third-order valence-corrected chi connectivity index (χ3v) is 3.44. The monoisotopic (exact) mass is 261 g/mol. The number of ether oxygens (including phenoxy) is 1. The molecule has 88 valence electrons. The van der Waals surface area contributed by atoms with Gasteiger partial charge in [0, 0.05) is 6.61 Å². The second-order valence-electron chi connectivity index (χ2n) is 3.48. The molecule has 0 bridgehead atoms. The van der Waals surface area contributed by atoms with E-state index in [1.807, 2.05) is 0 Å². The number of halogens is 1. The Bertz CT molecular complexity index is 365. The number of carbonyl (C=O) groups excluding carboxylic acids is 1. The Labute approximate surface area is 102 Å². The van der Waals surface area contributed by atoms with Gasteiger partial charge in [0.15, 0.2) is 0 Å². The molecule has 16 heavy (non-hydrogen) atoms. The fourth-order valence-corrected chi connectivity index (χ4v) is 2.41. The topological polar surface area (TPSA) is 64.1 Å². The van der Waals surface area contributed by atoms with Crippen LogP contribution < -0.4 is 5.32 Å². The standard InChI is InChI=1S/C9H12ClN3O2S/c10-5-7(14)11-9-13-12-8(16-9)6-3-1-2-4-15-6/h6H,1-5H2,(H,11,13,14). The van der Waals surface area contributed by atoms with E-state index in [4.69, 9.17) is 16.3 Å². The number of aromatic nitrogens is 2. The predicted molar refractivity (Wildman–Crippen MR) is 61.8 cm³/mol. The van der Waals surface area contributed by atoms with Gasteiger partial charge in [-0.2, -0.15) is 0 Å². The molecule has 1 fully saturated rings. The molecule has 1 aromatic heterocycles. The van der Waals surface area contributed by atoms with Crippen LogP contribution in [0.5, 0.6) is 0 Å². The number of alkyl halides is 1. The number of nitrogens with one attached hydrogen (secondary N) is 1. The normalized spacial score (nSPS) is 20.7. The van der Waals surface area contributed by atoms with E-state index in [-0.39, 0.29) is 17.9 Å². The Morgan fingerprint density at radius 2 is 2.44 bits per heavy atom. The van der Waals surface area contributed by atoms with Gasteiger partial charge in [-0.15, -0.1) is 21.8 Å². The average Bonchev–Trinajstić information content (AvgIpc) is 2.78. The first-order valence-corrected chi connectivity index (χ1v) is 6.45. The summed E-state index contributed by atoms with van der Waals surface area (Å²) in [5, 5.41) is 11.8. The van der Waals surface area contributed by atoms with Crippen LogP contribution in [0, 0.1) is 0 Å². The molecule has 1 N–H and O–H groups in total. The quantitative estimate of drug-likeness (QED) is 0.845. The summed E-state index contributed by atoms with van der Waals surface area (Å²) in [4.78, 5) is 11.0. The molecule has 1 aliphatic heterocycles. The van der Waals surface area contributed by atoms with Crippen molar-refractivity contribution >= 4 is 34.0 Å². The number of nitrogens with zero attached hydrogens (tertiary/aromatic N) is 2. The first-order valence-electron chi connectivity index (χ1n) is 5.10. The molecule has 0 radical (unpaired) electrons. The molecule has 5 nitrogen and oxygen atoms in total. The van der Waals surface area contributed by atoms with Crippen molar-refractivity contribution < 1.29 is 9.53 Å². The molecule has 2 rings (SSSR count). The van der Waals surface area contributed by atoms with Crippen molar-refractivity contribution in [1.29, 1.82) is 0 Å². The maximum atomic E-state index is 11.0. The maximum absolute atomic E-state index is 11.0. The minimum Gasteiger partial charge on any atom is -0.371 e. The Kier molecular flexibility index (Phi) is 4.09. The van der Waals surface area contributed by atoms with Crippen LogP contribution in [0.15, 0.2) is 0 Å². The summed E-state index contributed by atoms with van der Waals surface area (Å²) in [5.41, 5.74) is 0. The molecule has 2 heterocycles. The van der Waals surface area contributed by atoms with E-state index >= 15 is 0 Å². The van der Waals surface area contributed by atoms with Crippen molar-refractivity contribution in [2.24, 2.45) is 0 Å². The van der Waals surface area contributed by atoms with E-state index in [1.54, 1.807) is 0 Å². The van der Waals surface area contributed by atoms with Gasteiger partial charge in [-0.05, 0) is 19.3 Å². The second kappa shape index (κ2) is 5.56.